The van der Waals surface area contributed by atoms with E-state index in [1.165, 1.54) is 38.0 Å². The minimum absolute atomic E-state index is 0.599. The van der Waals surface area contributed by atoms with E-state index >= 15 is 0 Å². The SMILES string of the molecule is CC(=CCl)CN(CC1CCNCC1)C(C)C. The van der Waals surface area contributed by atoms with Crippen LogP contribution in [0.15, 0.2) is 11.1 Å². The van der Waals surface area contributed by atoms with E-state index < -0.39 is 0 Å². The van der Waals surface area contributed by atoms with Crippen molar-refractivity contribution in [2.24, 2.45) is 5.92 Å². The Balaban J connectivity index is 2.43. The number of piperidine rings is 1. The minimum Gasteiger partial charge on any atom is -0.317 e. The molecule has 1 N–H and O–H groups in total. The van der Waals surface area contributed by atoms with Crippen molar-refractivity contribution in [3.8, 4) is 0 Å². The average Bonchev–Trinajstić information content (AvgIpc) is 2.29. The highest BCUT2D eigenvalue weighted by Gasteiger charge is 2.18. The first kappa shape index (κ1) is 14.0. The van der Waals surface area contributed by atoms with Gasteiger partial charge >= 0.3 is 0 Å². The molecule has 1 rings (SSSR count). The van der Waals surface area contributed by atoms with Crippen molar-refractivity contribution in [3.63, 3.8) is 0 Å². The largest absolute Gasteiger partial charge is 0.317 e. The molecule has 0 aromatic rings. The maximum Gasteiger partial charge on any atom is 0.0204 e. The third-order valence-electron chi connectivity index (χ3n) is 3.32. The van der Waals surface area contributed by atoms with Crippen molar-refractivity contribution in [2.45, 2.75) is 39.7 Å². The molecule has 1 fully saturated rings. The van der Waals surface area contributed by atoms with Crippen LogP contribution < -0.4 is 5.32 Å². The second-order valence-corrected chi connectivity index (χ2v) is 5.39. The fraction of sp³-hybridized carbons (Fsp3) is 0.846. The lowest BCUT2D eigenvalue weighted by Crippen LogP contribution is -2.40. The van der Waals surface area contributed by atoms with Crippen LogP contribution in [0.5, 0.6) is 0 Å². The molecule has 1 aliphatic rings. The predicted molar refractivity (Wildman–Crippen MR) is 71.9 cm³/mol. The zero-order valence-electron chi connectivity index (χ0n) is 10.8. The van der Waals surface area contributed by atoms with Crippen molar-refractivity contribution in [1.29, 1.82) is 0 Å². The van der Waals surface area contributed by atoms with Crippen molar-refractivity contribution in [1.82, 2.24) is 10.2 Å². The Labute approximate surface area is 105 Å². The lowest BCUT2D eigenvalue weighted by Gasteiger charge is -2.32. The van der Waals surface area contributed by atoms with Gasteiger partial charge in [-0.25, -0.2) is 0 Å². The molecule has 0 amide bonds. The van der Waals surface area contributed by atoms with Gasteiger partial charge in [-0.15, -0.1) is 0 Å². The van der Waals surface area contributed by atoms with Crippen molar-refractivity contribution in [2.75, 3.05) is 26.2 Å². The predicted octanol–water partition coefficient (Wildman–Crippen LogP) is 2.84. The standard InChI is InChI=1S/C13H25ClN2/c1-11(2)16(9-12(3)8-14)10-13-4-6-15-7-5-13/h8,11,13,15H,4-7,9-10H2,1-3H3. The molecule has 0 aromatic heterocycles. The number of halogens is 1. The zero-order valence-corrected chi connectivity index (χ0v) is 11.6. The smallest absolute Gasteiger partial charge is 0.0204 e. The molecule has 0 aromatic carbocycles. The molecule has 0 spiro atoms. The summed E-state index contributed by atoms with van der Waals surface area (Å²) in [4.78, 5) is 2.53. The number of hydrogen-bond acceptors (Lipinski definition) is 2. The van der Waals surface area contributed by atoms with Crippen LogP contribution in [0.1, 0.15) is 33.6 Å². The zero-order chi connectivity index (χ0) is 12.0. The first-order chi connectivity index (χ1) is 7.63. The lowest BCUT2D eigenvalue weighted by molar-refractivity contribution is 0.182. The molecule has 16 heavy (non-hydrogen) atoms. The van der Waals surface area contributed by atoms with E-state index in [4.69, 9.17) is 11.6 Å². The first-order valence-corrected chi connectivity index (χ1v) is 6.77. The Hall–Kier alpha value is -0.0500. The van der Waals surface area contributed by atoms with E-state index in [0.29, 0.717) is 6.04 Å². The molecule has 0 aliphatic carbocycles. The van der Waals surface area contributed by atoms with E-state index in [2.05, 4.69) is 31.0 Å². The third kappa shape index (κ3) is 4.86. The van der Waals surface area contributed by atoms with Gasteiger partial charge in [-0.05, 0) is 58.2 Å². The fourth-order valence-electron chi connectivity index (χ4n) is 2.21. The second kappa shape index (κ2) is 7.31. The van der Waals surface area contributed by atoms with E-state index in [9.17, 15) is 0 Å². The van der Waals surface area contributed by atoms with Gasteiger partial charge in [0.2, 0.25) is 0 Å². The quantitative estimate of drug-likeness (QED) is 0.800. The summed E-state index contributed by atoms with van der Waals surface area (Å²) in [6.45, 7) is 11.2. The van der Waals surface area contributed by atoms with E-state index in [0.717, 1.165) is 12.5 Å². The van der Waals surface area contributed by atoms with Crippen molar-refractivity contribution in [3.05, 3.63) is 11.1 Å². The Bertz CT molecular complexity index is 220. The Morgan fingerprint density at radius 1 is 1.44 bits per heavy atom. The van der Waals surface area contributed by atoms with Gasteiger partial charge in [0.1, 0.15) is 0 Å². The maximum atomic E-state index is 5.74. The van der Waals surface area contributed by atoms with Gasteiger partial charge in [-0.2, -0.15) is 0 Å². The molecule has 0 bridgehead atoms. The van der Waals surface area contributed by atoms with Crippen LogP contribution in [0.4, 0.5) is 0 Å². The second-order valence-electron chi connectivity index (χ2n) is 5.17. The highest BCUT2D eigenvalue weighted by atomic mass is 35.5. The molecule has 0 radical (unpaired) electrons. The van der Waals surface area contributed by atoms with Gasteiger partial charge in [-0.1, -0.05) is 11.6 Å². The van der Waals surface area contributed by atoms with Gasteiger partial charge in [-0.3, -0.25) is 4.90 Å². The molecular formula is C13H25ClN2. The highest BCUT2D eigenvalue weighted by Crippen LogP contribution is 2.16. The molecule has 1 aliphatic heterocycles. The molecular weight excluding hydrogens is 220 g/mol. The molecule has 0 saturated carbocycles. The van der Waals surface area contributed by atoms with Crippen LogP contribution in [0.3, 0.4) is 0 Å². The van der Waals surface area contributed by atoms with Crippen molar-refractivity contribution < 1.29 is 0 Å². The number of rotatable bonds is 5. The summed E-state index contributed by atoms with van der Waals surface area (Å²) in [5.74, 6) is 0.853. The summed E-state index contributed by atoms with van der Waals surface area (Å²) in [5.41, 5.74) is 2.96. The minimum atomic E-state index is 0.599. The van der Waals surface area contributed by atoms with Gasteiger partial charge < -0.3 is 5.32 Å². The molecule has 0 unspecified atom stereocenters. The van der Waals surface area contributed by atoms with Crippen molar-refractivity contribution >= 4 is 11.6 Å². The number of nitrogens with one attached hydrogen (secondary N) is 1. The summed E-state index contributed by atoms with van der Waals surface area (Å²) < 4.78 is 0. The van der Waals surface area contributed by atoms with Gasteiger partial charge in [0, 0.05) is 24.7 Å². The number of nitrogens with zero attached hydrogens (tertiary/aromatic N) is 1. The Kier molecular flexibility index (Phi) is 6.40. The fourth-order valence-corrected chi connectivity index (χ4v) is 2.28. The van der Waals surface area contributed by atoms with Crippen LogP contribution >= 0.6 is 11.6 Å². The normalized spacial score (nSPS) is 19.8. The summed E-state index contributed by atoms with van der Waals surface area (Å²) in [5, 5.41) is 3.42. The van der Waals surface area contributed by atoms with Crippen LogP contribution in [0, 0.1) is 5.92 Å². The summed E-state index contributed by atoms with van der Waals surface area (Å²) >= 11 is 5.74. The summed E-state index contributed by atoms with van der Waals surface area (Å²) in [6, 6.07) is 0.599. The van der Waals surface area contributed by atoms with E-state index in [1.54, 1.807) is 5.54 Å². The van der Waals surface area contributed by atoms with E-state index in [1.807, 2.05) is 0 Å². The van der Waals surface area contributed by atoms with Crippen LogP contribution in [0.25, 0.3) is 0 Å². The molecule has 2 nitrogen and oxygen atoms in total. The lowest BCUT2D eigenvalue weighted by atomic mass is 9.97. The number of hydrogen-bond donors (Lipinski definition) is 1. The monoisotopic (exact) mass is 244 g/mol. The van der Waals surface area contributed by atoms with Gasteiger partial charge in [0.25, 0.3) is 0 Å². The Morgan fingerprint density at radius 2 is 2.06 bits per heavy atom. The molecule has 94 valence electrons. The van der Waals surface area contributed by atoms with Crippen LogP contribution in [0.2, 0.25) is 0 Å². The highest BCUT2D eigenvalue weighted by molar-refractivity contribution is 6.25. The topological polar surface area (TPSA) is 15.3 Å². The molecule has 3 heteroatoms. The van der Waals surface area contributed by atoms with Crippen LogP contribution in [-0.4, -0.2) is 37.1 Å². The summed E-state index contributed by atoms with van der Waals surface area (Å²) in [7, 11) is 0. The van der Waals surface area contributed by atoms with E-state index in [-0.39, 0.29) is 0 Å². The first-order valence-electron chi connectivity index (χ1n) is 6.34. The maximum absolute atomic E-state index is 5.74. The molecule has 0 atom stereocenters. The van der Waals surface area contributed by atoms with Crippen LogP contribution in [-0.2, 0) is 0 Å². The molecule has 1 heterocycles. The Morgan fingerprint density at radius 3 is 2.56 bits per heavy atom. The average molecular weight is 245 g/mol. The molecule has 1 saturated heterocycles. The van der Waals surface area contributed by atoms with Gasteiger partial charge in [0.05, 0.1) is 0 Å². The third-order valence-corrected chi connectivity index (χ3v) is 3.69. The van der Waals surface area contributed by atoms with Gasteiger partial charge in [0.15, 0.2) is 0 Å². The summed E-state index contributed by atoms with van der Waals surface area (Å²) in [6.07, 6.45) is 2.62.